The molecule has 6 nitrogen and oxygen atoms in total. The molecule has 1 aromatic rings. The summed E-state index contributed by atoms with van der Waals surface area (Å²) in [5.74, 6) is 2.85. The second kappa shape index (κ2) is 8.80. The highest BCUT2D eigenvalue weighted by atomic mass is 32.2. The normalized spacial score (nSPS) is 26.4. The summed E-state index contributed by atoms with van der Waals surface area (Å²) in [4.78, 5) is 19.0. The molecule has 3 fully saturated rings. The van der Waals surface area contributed by atoms with E-state index in [1.165, 1.54) is 12.8 Å². The lowest BCUT2D eigenvalue weighted by molar-refractivity contribution is 0.0195. The first-order valence-corrected chi connectivity index (χ1v) is 12.0. The zero-order valence-corrected chi connectivity index (χ0v) is 17.4. The van der Waals surface area contributed by atoms with Crippen LogP contribution in [0.2, 0.25) is 0 Å². The Balaban J connectivity index is 1.12. The molecule has 154 valence electrons. The van der Waals surface area contributed by atoms with Crippen molar-refractivity contribution < 1.29 is 18.5 Å². The van der Waals surface area contributed by atoms with Crippen LogP contribution in [0.3, 0.4) is 0 Å². The van der Waals surface area contributed by atoms with Crippen molar-refractivity contribution in [3.8, 4) is 5.88 Å². The largest absolute Gasteiger partial charge is 0.478 e. The summed E-state index contributed by atoms with van der Waals surface area (Å²) in [6, 6.07) is 3.60. The summed E-state index contributed by atoms with van der Waals surface area (Å²) in [7, 11) is -1.01. The number of amides is 1. The minimum atomic E-state index is -1.01. The average Bonchev–Trinajstić information content (AvgIpc) is 3.44. The van der Waals surface area contributed by atoms with Crippen molar-refractivity contribution in [2.75, 3.05) is 26.0 Å². The van der Waals surface area contributed by atoms with Gasteiger partial charge in [0.15, 0.2) is 0 Å². The fourth-order valence-electron chi connectivity index (χ4n) is 4.33. The molecule has 0 bridgehead atoms. The van der Waals surface area contributed by atoms with Gasteiger partial charge in [-0.15, -0.1) is 0 Å². The van der Waals surface area contributed by atoms with Crippen LogP contribution in [0.15, 0.2) is 23.2 Å². The molecule has 3 unspecified atom stereocenters. The Hall–Kier alpha value is -1.63. The summed E-state index contributed by atoms with van der Waals surface area (Å²) < 4.78 is 22.6. The number of ether oxygens (including phenoxy) is 2. The third-order valence-corrected chi connectivity index (χ3v) is 7.39. The molecule has 4 rings (SSSR count). The van der Waals surface area contributed by atoms with Crippen LogP contribution in [0, 0.1) is 17.8 Å². The molecule has 1 saturated heterocycles. The molecule has 7 heteroatoms. The lowest BCUT2D eigenvalue weighted by atomic mass is 9.90. The van der Waals surface area contributed by atoms with Crippen molar-refractivity contribution >= 4 is 16.9 Å². The molecule has 3 aliphatic rings. The zero-order chi connectivity index (χ0) is 19.5. The second-order valence-corrected chi connectivity index (χ2v) is 9.72. The molecule has 2 aliphatic carbocycles. The van der Waals surface area contributed by atoms with Gasteiger partial charge in [0.25, 0.3) is 0 Å². The van der Waals surface area contributed by atoms with Crippen molar-refractivity contribution in [2.45, 2.75) is 55.9 Å². The van der Waals surface area contributed by atoms with Crippen LogP contribution in [-0.4, -0.2) is 52.2 Å². The van der Waals surface area contributed by atoms with Crippen molar-refractivity contribution in [3.63, 3.8) is 0 Å². The highest BCUT2D eigenvalue weighted by molar-refractivity contribution is 7.84. The minimum absolute atomic E-state index is 0.102. The standard InChI is InChI=1S/C21H30N2O4S/c1-28(25)18-5-6-20(22-14-18)26-12-9-16-13-19(16)15-7-10-23(11-8-15)21(24)27-17-3-2-4-17/h5-6,14-17,19H,2-4,7-13H2,1H3. The number of likely N-dealkylation sites (tertiary alicyclic amines) is 1. The van der Waals surface area contributed by atoms with Crippen molar-refractivity contribution in [3.05, 3.63) is 18.3 Å². The van der Waals surface area contributed by atoms with Crippen LogP contribution in [0.5, 0.6) is 5.88 Å². The Morgan fingerprint density at radius 2 is 2.04 bits per heavy atom. The Labute approximate surface area is 169 Å². The first-order chi connectivity index (χ1) is 13.6. The summed E-state index contributed by atoms with van der Waals surface area (Å²) in [6.45, 7) is 2.35. The van der Waals surface area contributed by atoms with E-state index in [0.29, 0.717) is 12.5 Å². The average molecular weight is 407 g/mol. The van der Waals surface area contributed by atoms with Crippen LogP contribution in [0.25, 0.3) is 0 Å². The van der Waals surface area contributed by atoms with E-state index in [2.05, 4.69) is 4.98 Å². The number of nitrogens with zero attached hydrogens (tertiary/aromatic N) is 2. The van der Waals surface area contributed by atoms with E-state index in [0.717, 1.165) is 67.8 Å². The maximum atomic E-state index is 12.2. The third-order valence-electron chi connectivity index (χ3n) is 6.48. The SMILES string of the molecule is CS(=O)c1ccc(OCCC2CC2C2CCN(C(=O)OC3CCC3)CC2)nc1. The number of hydrogen-bond donors (Lipinski definition) is 0. The topological polar surface area (TPSA) is 68.7 Å². The molecule has 0 radical (unpaired) electrons. The van der Waals surface area contributed by atoms with Gasteiger partial charge in [-0.25, -0.2) is 9.78 Å². The third kappa shape index (κ3) is 4.85. The minimum Gasteiger partial charge on any atom is -0.478 e. The lowest BCUT2D eigenvalue weighted by Crippen LogP contribution is -2.41. The van der Waals surface area contributed by atoms with Crippen LogP contribution in [0.1, 0.15) is 44.9 Å². The lowest BCUT2D eigenvalue weighted by Gasteiger charge is -2.34. The van der Waals surface area contributed by atoms with E-state index in [-0.39, 0.29) is 12.2 Å². The number of aromatic nitrogens is 1. The molecule has 2 heterocycles. The van der Waals surface area contributed by atoms with Gasteiger partial charge in [0.1, 0.15) is 6.10 Å². The Morgan fingerprint density at radius 1 is 1.25 bits per heavy atom. The highest BCUT2D eigenvalue weighted by Gasteiger charge is 2.43. The summed E-state index contributed by atoms with van der Waals surface area (Å²) in [6.07, 6.45) is 11.1. The molecule has 0 aromatic carbocycles. The fourth-order valence-corrected chi connectivity index (χ4v) is 4.79. The molecular weight excluding hydrogens is 376 g/mol. The van der Waals surface area contributed by atoms with Gasteiger partial charge < -0.3 is 14.4 Å². The smallest absolute Gasteiger partial charge is 0.410 e. The molecule has 1 aliphatic heterocycles. The molecule has 0 N–H and O–H groups in total. The number of pyridine rings is 1. The van der Waals surface area contributed by atoms with Gasteiger partial charge in [-0.2, -0.15) is 0 Å². The Kier molecular flexibility index (Phi) is 6.19. The van der Waals surface area contributed by atoms with Crippen LogP contribution in [0.4, 0.5) is 4.79 Å². The van der Waals surface area contributed by atoms with Gasteiger partial charge in [0.05, 0.1) is 22.3 Å². The summed E-state index contributed by atoms with van der Waals surface area (Å²) >= 11 is 0. The molecular formula is C21H30N2O4S. The van der Waals surface area contributed by atoms with Gasteiger partial charge in [-0.05, 0) is 68.8 Å². The van der Waals surface area contributed by atoms with Gasteiger partial charge in [0, 0.05) is 31.6 Å². The van der Waals surface area contributed by atoms with E-state index in [1.54, 1.807) is 18.5 Å². The van der Waals surface area contributed by atoms with Gasteiger partial charge in [0.2, 0.25) is 5.88 Å². The molecule has 1 amide bonds. The van der Waals surface area contributed by atoms with Crippen LogP contribution >= 0.6 is 0 Å². The maximum Gasteiger partial charge on any atom is 0.410 e. The molecule has 0 spiro atoms. The fraction of sp³-hybridized carbons (Fsp3) is 0.714. The summed E-state index contributed by atoms with van der Waals surface area (Å²) in [5.41, 5.74) is 0. The number of rotatable bonds is 7. The number of carbonyl (C=O) groups is 1. The second-order valence-electron chi connectivity index (χ2n) is 8.34. The maximum absolute atomic E-state index is 12.2. The number of carbonyl (C=O) groups excluding carboxylic acids is 1. The number of hydrogen-bond acceptors (Lipinski definition) is 5. The van der Waals surface area contributed by atoms with E-state index in [1.807, 2.05) is 11.0 Å². The predicted octanol–water partition coefficient (Wildman–Crippen LogP) is 3.63. The van der Waals surface area contributed by atoms with Crippen LogP contribution in [-0.2, 0) is 15.5 Å². The predicted molar refractivity (Wildman–Crippen MR) is 107 cm³/mol. The Bertz CT molecular complexity index is 699. The van der Waals surface area contributed by atoms with Gasteiger partial charge >= 0.3 is 6.09 Å². The first-order valence-electron chi connectivity index (χ1n) is 10.5. The molecule has 28 heavy (non-hydrogen) atoms. The van der Waals surface area contributed by atoms with E-state index >= 15 is 0 Å². The molecule has 2 saturated carbocycles. The quantitative estimate of drug-likeness (QED) is 0.692. The van der Waals surface area contributed by atoms with Gasteiger partial charge in [-0.1, -0.05) is 0 Å². The van der Waals surface area contributed by atoms with Crippen LogP contribution < -0.4 is 4.74 Å². The van der Waals surface area contributed by atoms with Crippen molar-refractivity contribution in [2.24, 2.45) is 17.8 Å². The molecule has 3 atom stereocenters. The zero-order valence-electron chi connectivity index (χ0n) is 16.5. The van der Waals surface area contributed by atoms with Crippen molar-refractivity contribution in [1.29, 1.82) is 0 Å². The highest BCUT2D eigenvalue weighted by Crippen LogP contribution is 2.49. The number of piperidine rings is 1. The van der Waals surface area contributed by atoms with Crippen molar-refractivity contribution in [1.82, 2.24) is 9.88 Å². The monoisotopic (exact) mass is 406 g/mol. The van der Waals surface area contributed by atoms with E-state index in [9.17, 15) is 9.00 Å². The molecule has 1 aromatic heterocycles. The Morgan fingerprint density at radius 3 is 2.64 bits per heavy atom. The van der Waals surface area contributed by atoms with E-state index < -0.39 is 10.8 Å². The van der Waals surface area contributed by atoms with Gasteiger partial charge in [-0.3, -0.25) is 4.21 Å². The first kappa shape index (κ1) is 19.7. The summed E-state index contributed by atoms with van der Waals surface area (Å²) in [5, 5.41) is 0. The van der Waals surface area contributed by atoms with E-state index in [4.69, 9.17) is 9.47 Å².